The van der Waals surface area contributed by atoms with Crippen LogP contribution in [0.5, 0.6) is 11.6 Å². The smallest absolute Gasteiger partial charge is 0.266 e. The highest BCUT2D eigenvalue weighted by Crippen LogP contribution is 2.39. The molecule has 3 aromatic rings. The van der Waals surface area contributed by atoms with E-state index in [-0.39, 0.29) is 4.59 Å². The number of amidine groups is 1. The van der Waals surface area contributed by atoms with E-state index < -0.39 is 0 Å². The van der Waals surface area contributed by atoms with Crippen LogP contribution in [0.25, 0.3) is 10.9 Å². The minimum absolute atomic E-state index is 0.102. The number of hydrogen-bond donors (Lipinski definition) is 1. The first kappa shape index (κ1) is 18.9. The zero-order valence-corrected chi connectivity index (χ0v) is 17.6. The van der Waals surface area contributed by atoms with E-state index in [2.05, 4.69) is 9.98 Å². The Morgan fingerprint density at radius 3 is 2.59 bits per heavy atom. The fraction of sp³-hybridized carbons (Fsp3) is 0. The Balaban J connectivity index is 1.46. The summed E-state index contributed by atoms with van der Waals surface area (Å²) in [5.74, 6) is 8.59. The maximum Gasteiger partial charge on any atom is 0.266 e. The Labute approximate surface area is 189 Å². The van der Waals surface area contributed by atoms with Gasteiger partial charge >= 0.3 is 0 Å². The number of para-hydroxylation sites is 1. The van der Waals surface area contributed by atoms with Crippen molar-refractivity contribution in [3.63, 3.8) is 0 Å². The van der Waals surface area contributed by atoms with Crippen molar-refractivity contribution in [1.82, 2.24) is 4.98 Å². The molecular formula is C25H17ClN5O+. The van der Waals surface area contributed by atoms with E-state index in [0.29, 0.717) is 33.6 Å². The molecule has 0 amide bonds. The SMILES string of the molecule is N[N+]12C=CN=CC1=C(C1=CC=C1)N=C2c1ccc2ccc(Oc3ccccc3)nc2c1Cl. The molecule has 2 aliphatic heterocycles. The minimum Gasteiger partial charge on any atom is -0.439 e. The third-order valence-electron chi connectivity index (χ3n) is 5.60. The van der Waals surface area contributed by atoms with Gasteiger partial charge in [-0.15, -0.1) is 4.59 Å². The van der Waals surface area contributed by atoms with Crippen LogP contribution in [0.2, 0.25) is 5.02 Å². The molecule has 0 bridgehead atoms. The molecule has 0 fully saturated rings. The highest BCUT2D eigenvalue weighted by Gasteiger charge is 2.45. The van der Waals surface area contributed by atoms with Gasteiger partial charge in [-0.3, -0.25) is 4.99 Å². The van der Waals surface area contributed by atoms with Crippen LogP contribution in [0, 0.1) is 0 Å². The second-order valence-electron chi connectivity index (χ2n) is 7.57. The van der Waals surface area contributed by atoms with E-state index in [0.717, 1.165) is 22.4 Å². The molecule has 0 radical (unpaired) electrons. The topological polar surface area (TPSA) is 72.9 Å². The van der Waals surface area contributed by atoms with E-state index in [4.69, 9.17) is 27.2 Å². The number of aliphatic imine (C=N–C) groups is 2. The van der Waals surface area contributed by atoms with Gasteiger partial charge in [0.25, 0.3) is 5.84 Å². The maximum absolute atomic E-state index is 6.90. The van der Waals surface area contributed by atoms with Gasteiger partial charge in [0.15, 0.2) is 0 Å². The summed E-state index contributed by atoms with van der Waals surface area (Å²) in [6.45, 7) is 0. The summed E-state index contributed by atoms with van der Waals surface area (Å²) in [4.78, 5) is 13.8. The summed E-state index contributed by atoms with van der Waals surface area (Å²) in [5, 5.41) is 1.37. The summed E-state index contributed by atoms with van der Waals surface area (Å²) in [6, 6.07) is 17.2. The number of fused-ring (bicyclic) bond motifs is 2. The van der Waals surface area contributed by atoms with Crippen LogP contribution in [-0.4, -0.2) is 21.6 Å². The average Bonchev–Trinajstić information content (AvgIpc) is 3.06. The molecule has 32 heavy (non-hydrogen) atoms. The summed E-state index contributed by atoms with van der Waals surface area (Å²) < 4.78 is 5.80. The Morgan fingerprint density at radius 1 is 1.00 bits per heavy atom. The van der Waals surface area contributed by atoms with Gasteiger partial charge in [-0.25, -0.2) is 4.98 Å². The molecule has 0 spiro atoms. The largest absolute Gasteiger partial charge is 0.439 e. The van der Waals surface area contributed by atoms with Crippen molar-refractivity contribution in [2.75, 3.05) is 0 Å². The summed E-state index contributed by atoms with van der Waals surface area (Å²) in [5.41, 5.74) is 3.94. The number of allylic oxidation sites excluding steroid dienone is 4. The summed E-state index contributed by atoms with van der Waals surface area (Å²) in [6.07, 6.45) is 11.2. The van der Waals surface area contributed by atoms with Crippen LogP contribution in [0.4, 0.5) is 0 Å². The summed E-state index contributed by atoms with van der Waals surface area (Å²) in [7, 11) is 0. The van der Waals surface area contributed by atoms with Crippen LogP contribution >= 0.6 is 11.6 Å². The molecule has 2 N–H and O–H groups in total. The minimum atomic E-state index is -0.102. The zero-order valence-electron chi connectivity index (χ0n) is 16.8. The second-order valence-corrected chi connectivity index (χ2v) is 7.95. The van der Waals surface area contributed by atoms with Gasteiger partial charge in [-0.1, -0.05) is 54.1 Å². The number of nitrogens with zero attached hydrogens (tertiary/aromatic N) is 4. The van der Waals surface area contributed by atoms with Crippen LogP contribution in [-0.2, 0) is 0 Å². The van der Waals surface area contributed by atoms with Crippen molar-refractivity contribution in [3.05, 3.63) is 113 Å². The second kappa shape index (κ2) is 7.10. The van der Waals surface area contributed by atoms with E-state index >= 15 is 0 Å². The third-order valence-corrected chi connectivity index (χ3v) is 5.98. The summed E-state index contributed by atoms with van der Waals surface area (Å²) >= 11 is 6.90. The average molecular weight is 439 g/mol. The number of halogens is 1. The number of quaternary nitrogens is 1. The normalized spacial score (nSPS) is 20.8. The van der Waals surface area contributed by atoms with Crippen LogP contribution < -0.4 is 10.6 Å². The molecule has 6 rings (SSSR count). The highest BCUT2D eigenvalue weighted by molar-refractivity contribution is 6.38. The Morgan fingerprint density at radius 2 is 1.81 bits per heavy atom. The fourth-order valence-corrected chi connectivity index (χ4v) is 4.20. The van der Waals surface area contributed by atoms with Gasteiger partial charge < -0.3 is 4.74 Å². The third kappa shape index (κ3) is 2.85. The molecule has 1 atom stereocenters. The van der Waals surface area contributed by atoms with Gasteiger partial charge in [-0.05, 0) is 24.3 Å². The quantitative estimate of drug-likeness (QED) is 0.438. The molecule has 1 unspecified atom stereocenters. The molecule has 6 nitrogen and oxygen atoms in total. The van der Waals surface area contributed by atoms with E-state index in [9.17, 15) is 0 Å². The van der Waals surface area contributed by atoms with Crippen molar-refractivity contribution < 1.29 is 9.33 Å². The molecule has 3 aliphatic rings. The van der Waals surface area contributed by atoms with Crippen molar-refractivity contribution in [2.24, 2.45) is 15.8 Å². The molecule has 154 valence electrons. The van der Waals surface area contributed by atoms with Gasteiger partial charge in [0.2, 0.25) is 11.6 Å². The highest BCUT2D eigenvalue weighted by atomic mass is 35.5. The first-order valence-corrected chi connectivity index (χ1v) is 10.4. The number of rotatable bonds is 4. The predicted molar refractivity (Wildman–Crippen MR) is 126 cm³/mol. The Bertz CT molecular complexity index is 1470. The first-order chi connectivity index (χ1) is 15.6. The van der Waals surface area contributed by atoms with Gasteiger partial charge in [0.1, 0.15) is 17.6 Å². The molecule has 7 heteroatoms. The fourth-order valence-electron chi connectivity index (χ4n) is 3.90. The number of pyridine rings is 1. The molecule has 2 aromatic carbocycles. The molecule has 1 aromatic heterocycles. The lowest BCUT2D eigenvalue weighted by Gasteiger charge is -2.26. The molecule has 1 aliphatic carbocycles. The standard InChI is InChI=1S/C25H17ClN5O/c26-22-19(25-30-23(16-5-4-6-16)20-15-28-13-14-31(20,25)27)11-9-17-10-12-21(29-24(17)22)32-18-7-2-1-3-8-18/h1-15H,27H2/q+1. The van der Waals surface area contributed by atoms with E-state index in [1.807, 2.05) is 72.8 Å². The predicted octanol–water partition coefficient (Wildman–Crippen LogP) is 5.39. The van der Waals surface area contributed by atoms with E-state index in [1.165, 1.54) is 0 Å². The van der Waals surface area contributed by atoms with Crippen LogP contribution in [0.1, 0.15) is 5.56 Å². The molecule has 0 saturated carbocycles. The van der Waals surface area contributed by atoms with Gasteiger partial charge in [0, 0.05) is 17.0 Å². The number of nitrogens with two attached hydrogens (primary N) is 1. The van der Waals surface area contributed by atoms with Crippen molar-refractivity contribution in [3.8, 4) is 11.6 Å². The van der Waals surface area contributed by atoms with Crippen molar-refractivity contribution in [1.29, 1.82) is 0 Å². The lowest BCUT2D eigenvalue weighted by Crippen LogP contribution is -2.53. The van der Waals surface area contributed by atoms with E-state index in [1.54, 1.807) is 18.6 Å². The van der Waals surface area contributed by atoms with Crippen molar-refractivity contribution >= 4 is 34.6 Å². The number of hydrogen-bond acceptors (Lipinski definition) is 5. The Hall–Kier alpha value is -3.84. The number of benzene rings is 2. The molecular weight excluding hydrogens is 422 g/mol. The molecule has 0 saturated heterocycles. The Kier molecular flexibility index (Phi) is 4.19. The van der Waals surface area contributed by atoms with Gasteiger partial charge in [0.05, 0.1) is 28.5 Å². The maximum atomic E-state index is 6.90. The van der Waals surface area contributed by atoms with Crippen LogP contribution in [0.15, 0.2) is 112 Å². The van der Waals surface area contributed by atoms with Crippen molar-refractivity contribution in [2.45, 2.75) is 0 Å². The number of ether oxygens (including phenoxy) is 1. The monoisotopic (exact) mass is 438 g/mol. The lowest BCUT2D eigenvalue weighted by molar-refractivity contribution is -0.750. The first-order valence-electron chi connectivity index (χ1n) is 10.1. The number of aromatic nitrogens is 1. The molecule has 3 heterocycles. The van der Waals surface area contributed by atoms with Gasteiger partial charge in [-0.2, -0.15) is 10.8 Å². The lowest BCUT2D eigenvalue weighted by atomic mass is 10.0. The zero-order chi connectivity index (χ0) is 21.7. The van der Waals surface area contributed by atoms with Crippen LogP contribution in [0.3, 0.4) is 0 Å².